The first-order chi connectivity index (χ1) is 10.1. The topological polar surface area (TPSA) is 63.4 Å². The van der Waals surface area contributed by atoms with Gasteiger partial charge >= 0.3 is 0 Å². The zero-order chi connectivity index (χ0) is 15.2. The molecule has 0 bridgehead atoms. The number of hydrazine groups is 1. The lowest BCUT2D eigenvalue weighted by molar-refractivity contribution is -0.0553. The summed E-state index contributed by atoms with van der Waals surface area (Å²) in [5.41, 5.74) is 5.23. The lowest BCUT2D eigenvalue weighted by Crippen LogP contribution is -2.56. The van der Waals surface area contributed by atoms with Crippen molar-refractivity contribution >= 4 is 0 Å². The summed E-state index contributed by atoms with van der Waals surface area (Å²) in [7, 11) is 0. The van der Waals surface area contributed by atoms with Crippen LogP contribution >= 0.6 is 0 Å². The standard InChI is InChI=1S/C16H28N4O/c1-4-13-5-6-14(18-10-13)9-15(19-17)16-11-20(12(2)3)7-8-21-16/h5-6,10,12,15-16,19H,4,7-9,11,17H2,1-3H3. The van der Waals surface area contributed by atoms with Crippen molar-refractivity contribution < 1.29 is 4.74 Å². The maximum atomic E-state index is 5.92. The summed E-state index contributed by atoms with van der Waals surface area (Å²) in [5, 5.41) is 0. The first kappa shape index (κ1) is 16.4. The number of morpholine rings is 1. The summed E-state index contributed by atoms with van der Waals surface area (Å²) in [5.74, 6) is 5.75. The third-order valence-corrected chi connectivity index (χ3v) is 4.24. The normalized spacial score (nSPS) is 21.7. The average Bonchev–Trinajstić information content (AvgIpc) is 2.53. The number of rotatable bonds is 6. The van der Waals surface area contributed by atoms with Crippen LogP contribution in [0.5, 0.6) is 0 Å². The molecule has 1 aliphatic rings. The molecule has 0 amide bonds. The van der Waals surface area contributed by atoms with Gasteiger partial charge in [0.2, 0.25) is 0 Å². The van der Waals surface area contributed by atoms with Crippen LogP contribution in [0.2, 0.25) is 0 Å². The molecule has 0 saturated carbocycles. The molecule has 21 heavy (non-hydrogen) atoms. The number of hydrogen-bond donors (Lipinski definition) is 2. The Labute approximate surface area is 127 Å². The molecule has 2 heterocycles. The molecule has 1 saturated heterocycles. The van der Waals surface area contributed by atoms with Crippen LogP contribution in [0.25, 0.3) is 0 Å². The van der Waals surface area contributed by atoms with Crippen LogP contribution in [0, 0.1) is 0 Å². The van der Waals surface area contributed by atoms with Crippen LogP contribution in [-0.4, -0.2) is 47.8 Å². The van der Waals surface area contributed by atoms with E-state index in [2.05, 4.69) is 48.2 Å². The Bertz CT molecular complexity index is 421. The van der Waals surface area contributed by atoms with Crippen LogP contribution in [0.4, 0.5) is 0 Å². The Morgan fingerprint density at radius 3 is 2.86 bits per heavy atom. The van der Waals surface area contributed by atoms with Crippen LogP contribution in [0.1, 0.15) is 32.0 Å². The summed E-state index contributed by atoms with van der Waals surface area (Å²) in [6.07, 6.45) is 3.86. The van der Waals surface area contributed by atoms with E-state index in [4.69, 9.17) is 10.6 Å². The van der Waals surface area contributed by atoms with Gasteiger partial charge in [0, 0.05) is 37.4 Å². The minimum atomic E-state index is 0.0894. The monoisotopic (exact) mass is 292 g/mol. The lowest BCUT2D eigenvalue weighted by atomic mass is 10.0. The molecular weight excluding hydrogens is 264 g/mol. The number of nitrogens with two attached hydrogens (primary N) is 1. The minimum Gasteiger partial charge on any atom is -0.374 e. The van der Waals surface area contributed by atoms with Gasteiger partial charge in [0.1, 0.15) is 0 Å². The van der Waals surface area contributed by atoms with Gasteiger partial charge in [0.15, 0.2) is 0 Å². The Morgan fingerprint density at radius 2 is 2.29 bits per heavy atom. The van der Waals surface area contributed by atoms with Crippen molar-refractivity contribution in [3.63, 3.8) is 0 Å². The van der Waals surface area contributed by atoms with Gasteiger partial charge in [0.25, 0.3) is 0 Å². The molecule has 2 atom stereocenters. The largest absolute Gasteiger partial charge is 0.374 e. The molecule has 0 spiro atoms. The molecule has 1 aromatic heterocycles. The van der Waals surface area contributed by atoms with Crippen molar-refractivity contribution in [3.05, 3.63) is 29.6 Å². The maximum Gasteiger partial charge on any atom is 0.0872 e. The average molecular weight is 292 g/mol. The SMILES string of the molecule is CCc1ccc(CC(NN)C2CN(C(C)C)CCO2)nc1. The predicted molar refractivity (Wildman–Crippen MR) is 84.9 cm³/mol. The fourth-order valence-corrected chi connectivity index (χ4v) is 2.72. The summed E-state index contributed by atoms with van der Waals surface area (Å²) in [6.45, 7) is 9.26. The van der Waals surface area contributed by atoms with Gasteiger partial charge in [-0.05, 0) is 31.9 Å². The van der Waals surface area contributed by atoms with Crippen molar-refractivity contribution in [2.24, 2.45) is 5.84 Å². The second-order valence-corrected chi connectivity index (χ2v) is 5.99. The highest BCUT2D eigenvalue weighted by atomic mass is 16.5. The second-order valence-electron chi connectivity index (χ2n) is 5.99. The van der Waals surface area contributed by atoms with E-state index in [9.17, 15) is 0 Å². The van der Waals surface area contributed by atoms with E-state index in [1.807, 2.05) is 6.20 Å². The predicted octanol–water partition coefficient (Wildman–Crippen LogP) is 1.13. The molecule has 2 unspecified atom stereocenters. The summed E-state index contributed by atoms with van der Waals surface area (Å²) < 4.78 is 5.92. The molecule has 1 aliphatic heterocycles. The molecular formula is C16H28N4O. The highest BCUT2D eigenvalue weighted by Gasteiger charge is 2.28. The van der Waals surface area contributed by atoms with Gasteiger partial charge in [0.05, 0.1) is 18.8 Å². The third-order valence-electron chi connectivity index (χ3n) is 4.24. The minimum absolute atomic E-state index is 0.0894. The highest BCUT2D eigenvalue weighted by molar-refractivity contribution is 5.15. The fraction of sp³-hybridized carbons (Fsp3) is 0.688. The zero-order valence-corrected chi connectivity index (χ0v) is 13.4. The first-order valence-electron chi connectivity index (χ1n) is 7.89. The molecule has 0 radical (unpaired) electrons. The molecule has 5 nitrogen and oxygen atoms in total. The number of aryl methyl sites for hydroxylation is 1. The molecule has 0 aromatic carbocycles. The Balaban J connectivity index is 1.98. The molecule has 118 valence electrons. The van der Waals surface area contributed by atoms with E-state index in [1.54, 1.807) is 0 Å². The Hall–Kier alpha value is -1.01. The molecule has 3 N–H and O–H groups in total. The van der Waals surface area contributed by atoms with Crippen LogP contribution in [-0.2, 0) is 17.6 Å². The smallest absolute Gasteiger partial charge is 0.0872 e. The van der Waals surface area contributed by atoms with Gasteiger partial charge in [-0.25, -0.2) is 0 Å². The molecule has 2 rings (SSSR count). The second kappa shape index (κ2) is 7.84. The van der Waals surface area contributed by atoms with E-state index < -0.39 is 0 Å². The Morgan fingerprint density at radius 1 is 1.48 bits per heavy atom. The summed E-state index contributed by atoms with van der Waals surface area (Å²) >= 11 is 0. The van der Waals surface area contributed by atoms with Crippen molar-refractivity contribution in [3.8, 4) is 0 Å². The molecule has 0 aliphatic carbocycles. The molecule has 5 heteroatoms. The van der Waals surface area contributed by atoms with Crippen LogP contribution in [0.15, 0.2) is 18.3 Å². The summed E-state index contributed by atoms with van der Waals surface area (Å²) in [4.78, 5) is 6.96. The van der Waals surface area contributed by atoms with E-state index in [0.29, 0.717) is 6.04 Å². The summed E-state index contributed by atoms with van der Waals surface area (Å²) in [6, 6.07) is 4.85. The lowest BCUT2D eigenvalue weighted by Gasteiger charge is -2.38. The van der Waals surface area contributed by atoms with Crippen LogP contribution in [0.3, 0.4) is 0 Å². The van der Waals surface area contributed by atoms with E-state index >= 15 is 0 Å². The number of pyridine rings is 1. The number of nitrogens with zero attached hydrogens (tertiary/aromatic N) is 2. The highest BCUT2D eigenvalue weighted by Crippen LogP contribution is 2.14. The zero-order valence-electron chi connectivity index (χ0n) is 13.4. The number of nitrogens with one attached hydrogen (secondary N) is 1. The van der Waals surface area contributed by atoms with E-state index in [-0.39, 0.29) is 12.1 Å². The van der Waals surface area contributed by atoms with E-state index in [1.165, 1.54) is 5.56 Å². The van der Waals surface area contributed by atoms with Crippen molar-refractivity contribution in [2.75, 3.05) is 19.7 Å². The maximum absolute atomic E-state index is 5.92. The Kier molecular flexibility index (Phi) is 6.11. The van der Waals surface area contributed by atoms with Gasteiger partial charge in [-0.3, -0.25) is 21.2 Å². The molecule has 1 fully saturated rings. The fourth-order valence-electron chi connectivity index (χ4n) is 2.72. The van der Waals surface area contributed by atoms with Crippen molar-refractivity contribution in [2.45, 2.75) is 51.8 Å². The van der Waals surface area contributed by atoms with E-state index in [0.717, 1.165) is 38.2 Å². The van der Waals surface area contributed by atoms with Crippen molar-refractivity contribution in [1.82, 2.24) is 15.3 Å². The number of hydrogen-bond acceptors (Lipinski definition) is 5. The first-order valence-corrected chi connectivity index (χ1v) is 7.89. The quantitative estimate of drug-likeness (QED) is 0.608. The number of ether oxygens (including phenoxy) is 1. The van der Waals surface area contributed by atoms with Gasteiger partial charge in [-0.15, -0.1) is 0 Å². The van der Waals surface area contributed by atoms with Crippen LogP contribution < -0.4 is 11.3 Å². The van der Waals surface area contributed by atoms with Gasteiger partial charge < -0.3 is 4.74 Å². The van der Waals surface area contributed by atoms with Gasteiger partial charge in [-0.2, -0.15) is 0 Å². The molecule has 1 aromatic rings. The third kappa shape index (κ3) is 4.48. The van der Waals surface area contributed by atoms with Crippen molar-refractivity contribution in [1.29, 1.82) is 0 Å². The number of aromatic nitrogens is 1. The van der Waals surface area contributed by atoms with Gasteiger partial charge in [-0.1, -0.05) is 13.0 Å².